The Bertz CT molecular complexity index is 280. The monoisotopic (exact) mass is 194 g/mol. The van der Waals surface area contributed by atoms with Gasteiger partial charge in [-0.05, 0) is 31.1 Å². The second kappa shape index (κ2) is 4.85. The van der Waals surface area contributed by atoms with Crippen molar-refractivity contribution in [1.29, 1.82) is 0 Å². The molecular formula is C10H14N2O2. The van der Waals surface area contributed by atoms with Crippen LogP contribution in [-0.4, -0.2) is 24.7 Å². The zero-order valence-corrected chi connectivity index (χ0v) is 8.32. The molecule has 0 saturated heterocycles. The van der Waals surface area contributed by atoms with Crippen molar-refractivity contribution in [2.75, 3.05) is 6.54 Å². The summed E-state index contributed by atoms with van der Waals surface area (Å²) in [5, 5.41) is 0. The molecule has 14 heavy (non-hydrogen) atoms. The van der Waals surface area contributed by atoms with E-state index in [-0.39, 0.29) is 11.5 Å². The molecule has 0 N–H and O–H groups in total. The van der Waals surface area contributed by atoms with Crippen LogP contribution in [0.25, 0.3) is 0 Å². The quantitative estimate of drug-likeness (QED) is 0.506. The summed E-state index contributed by atoms with van der Waals surface area (Å²) in [6.45, 7) is 2.64. The molecule has 0 atom stereocenters. The summed E-state index contributed by atoms with van der Waals surface area (Å²) < 4.78 is 0. The van der Waals surface area contributed by atoms with Gasteiger partial charge in [0, 0.05) is 0 Å². The van der Waals surface area contributed by atoms with E-state index in [0.29, 0.717) is 6.54 Å². The lowest BCUT2D eigenvalue weighted by atomic mass is 9.74. The van der Waals surface area contributed by atoms with Gasteiger partial charge in [-0.3, -0.25) is 0 Å². The lowest BCUT2D eigenvalue weighted by Crippen LogP contribution is -2.28. The average Bonchev–Trinajstić information content (AvgIpc) is 2.20. The Hall–Kier alpha value is -1.24. The van der Waals surface area contributed by atoms with E-state index in [2.05, 4.69) is 16.9 Å². The SMILES string of the molecule is CC1(CN=C=O)CCC(N=C=O)CC1. The number of nitrogens with zero attached hydrogens (tertiary/aromatic N) is 2. The van der Waals surface area contributed by atoms with Gasteiger partial charge in [0.2, 0.25) is 12.2 Å². The molecule has 1 aliphatic rings. The first-order valence-corrected chi connectivity index (χ1v) is 4.81. The van der Waals surface area contributed by atoms with Crippen molar-refractivity contribution in [2.24, 2.45) is 15.4 Å². The second-order valence-corrected chi connectivity index (χ2v) is 4.17. The molecule has 0 spiro atoms. The van der Waals surface area contributed by atoms with Gasteiger partial charge in [-0.15, -0.1) is 0 Å². The maximum absolute atomic E-state index is 10.0. The molecule has 0 aliphatic heterocycles. The molecule has 0 heterocycles. The molecule has 0 aromatic rings. The maximum atomic E-state index is 10.0. The average molecular weight is 194 g/mol. The van der Waals surface area contributed by atoms with E-state index in [1.807, 2.05) is 0 Å². The zero-order chi connectivity index (χ0) is 10.4. The van der Waals surface area contributed by atoms with Gasteiger partial charge < -0.3 is 0 Å². The fourth-order valence-electron chi connectivity index (χ4n) is 1.88. The van der Waals surface area contributed by atoms with Crippen molar-refractivity contribution in [1.82, 2.24) is 0 Å². The predicted octanol–water partition coefficient (Wildman–Crippen LogP) is 1.61. The molecule has 1 saturated carbocycles. The van der Waals surface area contributed by atoms with Gasteiger partial charge in [0.15, 0.2) is 0 Å². The summed E-state index contributed by atoms with van der Waals surface area (Å²) in [5.41, 5.74) is 0.0896. The van der Waals surface area contributed by atoms with Crippen molar-refractivity contribution in [3.63, 3.8) is 0 Å². The molecule has 1 rings (SSSR count). The van der Waals surface area contributed by atoms with E-state index in [9.17, 15) is 9.59 Å². The number of aliphatic imine (C=N–C) groups is 2. The fourth-order valence-corrected chi connectivity index (χ4v) is 1.88. The van der Waals surface area contributed by atoms with E-state index in [4.69, 9.17) is 0 Å². The highest BCUT2D eigenvalue weighted by atomic mass is 16.1. The van der Waals surface area contributed by atoms with E-state index < -0.39 is 0 Å². The summed E-state index contributed by atoms with van der Waals surface area (Å²) in [7, 11) is 0. The lowest BCUT2D eigenvalue weighted by Gasteiger charge is -2.33. The van der Waals surface area contributed by atoms with Gasteiger partial charge >= 0.3 is 0 Å². The normalized spacial score (nSPS) is 31.4. The molecule has 0 unspecified atom stereocenters. The molecule has 4 nitrogen and oxygen atoms in total. The molecule has 0 aromatic heterocycles. The predicted molar refractivity (Wildman–Crippen MR) is 51.5 cm³/mol. The molecule has 1 aliphatic carbocycles. The highest BCUT2D eigenvalue weighted by Crippen LogP contribution is 2.36. The van der Waals surface area contributed by atoms with Crippen LogP contribution in [0, 0.1) is 5.41 Å². The fraction of sp³-hybridized carbons (Fsp3) is 0.800. The summed E-state index contributed by atoms with van der Waals surface area (Å²) in [6.07, 6.45) is 6.85. The van der Waals surface area contributed by atoms with Crippen LogP contribution in [0.1, 0.15) is 32.6 Å². The molecule has 0 aromatic carbocycles. The lowest BCUT2D eigenvalue weighted by molar-refractivity contribution is 0.210. The maximum Gasteiger partial charge on any atom is 0.235 e. The molecule has 1 fully saturated rings. The van der Waals surface area contributed by atoms with Crippen LogP contribution in [0.5, 0.6) is 0 Å². The standard InChI is InChI=1S/C10H14N2O2/c1-10(6-11-7-13)4-2-9(3-5-10)12-8-14/h9H,2-6H2,1H3. The van der Waals surface area contributed by atoms with Gasteiger partial charge in [0.05, 0.1) is 12.6 Å². The summed E-state index contributed by atoms with van der Waals surface area (Å²) >= 11 is 0. The number of carbonyl (C=O) groups excluding carboxylic acids is 2. The molecule has 4 heteroatoms. The Labute approximate surface area is 83.1 Å². The van der Waals surface area contributed by atoms with E-state index in [1.54, 1.807) is 12.2 Å². The van der Waals surface area contributed by atoms with E-state index in [1.165, 1.54) is 0 Å². The number of hydrogen-bond acceptors (Lipinski definition) is 4. The third kappa shape index (κ3) is 2.91. The van der Waals surface area contributed by atoms with Crippen molar-refractivity contribution < 1.29 is 9.59 Å². The van der Waals surface area contributed by atoms with E-state index >= 15 is 0 Å². The second-order valence-electron chi connectivity index (χ2n) is 4.17. The Kier molecular flexibility index (Phi) is 3.75. The number of rotatable bonds is 3. The molecule has 76 valence electrons. The summed E-state index contributed by atoms with van der Waals surface area (Å²) in [6, 6.07) is 0.126. The minimum absolute atomic E-state index is 0.0896. The smallest absolute Gasteiger partial charge is 0.211 e. The summed E-state index contributed by atoms with van der Waals surface area (Å²) in [5.74, 6) is 0. The Morgan fingerprint density at radius 3 is 2.43 bits per heavy atom. The van der Waals surface area contributed by atoms with E-state index in [0.717, 1.165) is 25.7 Å². The van der Waals surface area contributed by atoms with Crippen molar-refractivity contribution in [3.05, 3.63) is 0 Å². The van der Waals surface area contributed by atoms with Crippen LogP contribution < -0.4 is 0 Å². The van der Waals surface area contributed by atoms with Gasteiger partial charge in [0.1, 0.15) is 0 Å². The Morgan fingerprint density at radius 2 is 1.93 bits per heavy atom. The Morgan fingerprint density at radius 1 is 1.29 bits per heavy atom. The van der Waals surface area contributed by atoms with Crippen molar-refractivity contribution in [2.45, 2.75) is 38.6 Å². The van der Waals surface area contributed by atoms with Crippen LogP contribution in [0.2, 0.25) is 0 Å². The first-order valence-electron chi connectivity index (χ1n) is 4.81. The van der Waals surface area contributed by atoms with Gasteiger partial charge in [-0.25, -0.2) is 19.6 Å². The minimum Gasteiger partial charge on any atom is -0.211 e. The third-order valence-electron chi connectivity index (χ3n) is 2.92. The zero-order valence-electron chi connectivity index (χ0n) is 8.32. The molecular weight excluding hydrogens is 180 g/mol. The Balaban J connectivity index is 2.47. The largest absolute Gasteiger partial charge is 0.235 e. The molecule has 0 bridgehead atoms. The van der Waals surface area contributed by atoms with Crippen LogP contribution in [0.15, 0.2) is 9.98 Å². The van der Waals surface area contributed by atoms with Crippen LogP contribution in [0.4, 0.5) is 0 Å². The highest BCUT2D eigenvalue weighted by Gasteiger charge is 2.30. The summed E-state index contributed by atoms with van der Waals surface area (Å²) in [4.78, 5) is 27.4. The van der Waals surface area contributed by atoms with Crippen molar-refractivity contribution in [3.8, 4) is 0 Å². The first kappa shape index (κ1) is 10.8. The van der Waals surface area contributed by atoms with Crippen LogP contribution in [-0.2, 0) is 9.59 Å². The topological polar surface area (TPSA) is 58.9 Å². The van der Waals surface area contributed by atoms with Gasteiger partial charge in [-0.1, -0.05) is 6.92 Å². The van der Waals surface area contributed by atoms with Crippen LogP contribution >= 0.6 is 0 Å². The number of isocyanates is 2. The third-order valence-corrected chi connectivity index (χ3v) is 2.92. The van der Waals surface area contributed by atoms with Crippen molar-refractivity contribution >= 4 is 12.2 Å². The van der Waals surface area contributed by atoms with Gasteiger partial charge in [0.25, 0.3) is 0 Å². The number of hydrogen-bond donors (Lipinski definition) is 0. The first-order chi connectivity index (χ1) is 6.70. The minimum atomic E-state index is 0.0896. The van der Waals surface area contributed by atoms with Gasteiger partial charge in [-0.2, -0.15) is 0 Å². The highest BCUT2D eigenvalue weighted by molar-refractivity contribution is 5.34. The molecule has 0 amide bonds. The van der Waals surface area contributed by atoms with Crippen LogP contribution in [0.3, 0.4) is 0 Å². The molecule has 0 radical (unpaired) electrons.